The Labute approximate surface area is 241 Å². The third kappa shape index (κ3) is 5.80. The maximum atomic E-state index is 15.7. The number of rotatable bonds is 8. The summed E-state index contributed by atoms with van der Waals surface area (Å²) in [6.45, 7) is 2.31. The molecule has 5 rings (SSSR count). The van der Waals surface area contributed by atoms with Gasteiger partial charge in [0.2, 0.25) is 10.0 Å². The van der Waals surface area contributed by atoms with Gasteiger partial charge in [-0.05, 0) is 54.4 Å². The average Bonchev–Trinajstić information content (AvgIpc) is 3.29. The highest BCUT2D eigenvalue weighted by molar-refractivity contribution is 7.89. The first-order chi connectivity index (χ1) is 20.0. The normalized spacial score (nSPS) is 15.9. The number of benzene rings is 2. The molecule has 0 unspecified atom stereocenters. The summed E-state index contributed by atoms with van der Waals surface area (Å²) < 4.78 is 71.6. The molecule has 2 aromatic heterocycles. The highest BCUT2D eigenvalue weighted by atomic mass is 32.2. The number of methoxy groups -OCH3 is 1. The standard InChI is InChI=1S/C29H30F2N4O6S/c1-18-8-9-35-25(13-21-17-34(29(36)37)10-11-41-21)28(32-26(35)12-18)27-23(30)14-22(15-24(27)31)42(38,39)33(2)16-19-4-6-20(40-3)7-5-19/h4-9,12,14-15,21H,10-11,13,16-17H2,1-3H3,(H,36,37)/t21-/m0/s1. The number of hydrogen-bond donors (Lipinski definition) is 1. The van der Waals surface area contributed by atoms with Gasteiger partial charge in [0.15, 0.2) is 0 Å². The summed E-state index contributed by atoms with van der Waals surface area (Å²) in [6.07, 6.45) is 0.180. The number of halogens is 2. The van der Waals surface area contributed by atoms with Crippen LogP contribution in [0.4, 0.5) is 13.6 Å². The number of aromatic nitrogens is 2. The molecule has 0 radical (unpaired) electrons. The van der Waals surface area contributed by atoms with E-state index in [0.29, 0.717) is 22.7 Å². The van der Waals surface area contributed by atoms with E-state index in [0.717, 1.165) is 22.0 Å². The van der Waals surface area contributed by atoms with Crippen LogP contribution in [0.15, 0.2) is 59.6 Å². The van der Waals surface area contributed by atoms with E-state index in [2.05, 4.69) is 4.98 Å². The lowest BCUT2D eigenvalue weighted by molar-refractivity contribution is -0.0214. The quantitative estimate of drug-likeness (QED) is 0.320. The molecule has 1 aliphatic rings. The first-order valence-electron chi connectivity index (χ1n) is 13.1. The van der Waals surface area contributed by atoms with Crippen molar-refractivity contribution in [2.75, 3.05) is 33.9 Å². The summed E-state index contributed by atoms with van der Waals surface area (Å²) in [5.41, 5.74) is 1.89. The Balaban J connectivity index is 1.50. The number of aryl methyl sites for hydroxylation is 1. The second-order valence-electron chi connectivity index (χ2n) is 10.1. The summed E-state index contributed by atoms with van der Waals surface area (Å²) in [5.74, 6) is -1.58. The Morgan fingerprint density at radius 3 is 2.50 bits per heavy atom. The van der Waals surface area contributed by atoms with Crippen molar-refractivity contribution < 1.29 is 36.6 Å². The lowest BCUT2D eigenvalue weighted by atomic mass is 10.0. The van der Waals surface area contributed by atoms with Crippen LogP contribution in [0.25, 0.3) is 16.9 Å². The summed E-state index contributed by atoms with van der Waals surface area (Å²) >= 11 is 0. The fourth-order valence-electron chi connectivity index (χ4n) is 5.00. The van der Waals surface area contributed by atoms with Gasteiger partial charge in [0.25, 0.3) is 0 Å². The lowest BCUT2D eigenvalue weighted by Gasteiger charge is -2.31. The molecule has 0 aliphatic carbocycles. The third-order valence-corrected chi connectivity index (χ3v) is 9.02. The van der Waals surface area contributed by atoms with E-state index in [1.807, 2.05) is 13.0 Å². The Kier molecular flexibility index (Phi) is 8.17. The molecule has 0 saturated carbocycles. The van der Waals surface area contributed by atoms with Gasteiger partial charge in [-0.15, -0.1) is 0 Å². The highest BCUT2D eigenvalue weighted by Gasteiger charge is 2.30. The first-order valence-corrected chi connectivity index (χ1v) is 14.6. The van der Waals surface area contributed by atoms with E-state index in [4.69, 9.17) is 9.47 Å². The third-order valence-electron chi connectivity index (χ3n) is 7.24. The van der Waals surface area contributed by atoms with E-state index in [1.165, 1.54) is 19.1 Å². The minimum Gasteiger partial charge on any atom is -0.497 e. The number of hydrogen-bond acceptors (Lipinski definition) is 6. The van der Waals surface area contributed by atoms with E-state index >= 15 is 8.78 Å². The largest absolute Gasteiger partial charge is 0.497 e. The number of morpholine rings is 1. The fourth-order valence-corrected chi connectivity index (χ4v) is 6.19. The van der Waals surface area contributed by atoms with Crippen LogP contribution in [0.5, 0.6) is 5.75 Å². The molecule has 0 spiro atoms. The molecule has 3 heterocycles. The number of amides is 1. The van der Waals surface area contributed by atoms with E-state index in [1.54, 1.807) is 40.9 Å². The molecule has 13 heteroatoms. The van der Waals surface area contributed by atoms with Gasteiger partial charge in [0, 0.05) is 32.8 Å². The van der Waals surface area contributed by atoms with Crippen molar-refractivity contribution in [2.45, 2.75) is 30.9 Å². The molecule has 1 N–H and O–H groups in total. The van der Waals surface area contributed by atoms with Gasteiger partial charge in [-0.2, -0.15) is 4.31 Å². The van der Waals surface area contributed by atoms with Gasteiger partial charge in [-0.3, -0.25) is 0 Å². The minimum absolute atomic E-state index is 0.0119. The molecular weight excluding hydrogens is 570 g/mol. The Hall–Kier alpha value is -4.07. The molecule has 42 heavy (non-hydrogen) atoms. The maximum Gasteiger partial charge on any atom is 0.407 e. The Morgan fingerprint density at radius 2 is 1.86 bits per heavy atom. The molecule has 4 aromatic rings. The number of pyridine rings is 1. The van der Waals surface area contributed by atoms with Crippen molar-refractivity contribution in [1.82, 2.24) is 18.6 Å². The molecule has 1 atom stereocenters. The first kappa shape index (κ1) is 29.4. The van der Waals surface area contributed by atoms with Crippen LogP contribution >= 0.6 is 0 Å². The van der Waals surface area contributed by atoms with Crippen molar-refractivity contribution in [3.8, 4) is 17.0 Å². The van der Waals surface area contributed by atoms with Crippen molar-refractivity contribution in [2.24, 2.45) is 0 Å². The number of ether oxygens (including phenoxy) is 2. The molecule has 1 amide bonds. The molecule has 2 aromatic carbocycles. The summed E-state index contributed by atoms with van der Waals surface area (Å²) in [6, 6.07) is 11.9. The Bertz CT molecular complexity index is 1720. The van der Waals surface area contributed by atoms with Gasteiger partial charge in [-0.1, -0.05) is 12.1 Å². The lowest BCUT2D eigenvalue weighted by Crippen LogP contribution is -2.45. The van der Waals surface area contributed by atoms with Crippen molar-refractivity contribution in [1.29, 1.82) is 0 Å². The number of carbonyl (C=O) groups is 1. The number of imidazole rings is 1. The smallest absolute Gasteiger partial charge is 0.407 e. The second kappa shape index (κ2) is 11.7. The van der Waals surface area contributed by atoms with Gasteiger partial charge in [-0.25, -0.2) is 27.0 Å². The average molecular weight is 601 g/mol. The Morgan fingerprint density at radius 1 is 1.17 bits per heavy atom. The van der Waals surface area contributed by atoms with Crippen LogP contribution in [-0.4, -0.2) is 78.2 Å². The van der Waals surface area contributed by atoms with Gasteiger partial charge in [0.1, 0.15) is 23.0 Å². The van der Waals surface area contributed by atoms with Crippen molar-refractivity contribution >= 4 is 21.8 Å². The molecule has 10 nitrogen and oxygen atoms in total. The molecule has 1 saturated heterocycles. The fraction of sp³-hybridized carbons (Fsp3) is 0.310. The predicted octanol–water partition coefficient (Wildman–Crippen LogP) is 4.34. The number of sulfonamides is 1. The monoisotopic (exact) mass is 600 g/mol. The molecular formula is C29H30F2N4O6S. The molecule has 1 aliphatic heterocycles. The van der Waals surface area contributed by atoms with Crippen LogP contribution in [0.1, 0.15) is 16.8 Å². The van der Waals surface area contributed by atoms with E-state index in [-0.39, 0.29) is 38.4 Å². The van der Waals surface area contributed by atoms with E-state index < -0.39 is 44.3 Å². The van der Waals surface area contributed by atoms with Crippen molar-refractivity contribution in [3.05, 3.63) is 83.2 Å². The van der Waals surface area contributed by atoms with Crippen LogP contribution < -0.4 is 4.74 Å². The van der Waals surface area contributed by atoms with Gasteiger partial charge >= 0.3 is 6.09 Å². The van der Waals surface area contributed by atoms with Crippen LogP contribution in [-0.2, 0) is 27.7 Å². The summed E-state index contributed by atoms with van der Waals surface area (Å²) in [4.78, 5) is 16.7. The number of nitrogens with zero attached hydrogens (tertiary/aromatic N) is 4. The maximum absolute atomic E-state index is 15.7. The molecule has 1 fully saturated rings. The second-order valence-corrected chi connectivity index (χ2v) is 12.2. The van der Waals surface area contributed by atoms with Crippen molar-refractivity contribution in [3.63, 3.8) is 0 Å². The van der Waals surface area contributed by atoms with Crippen LogP contribution in [0, 0.1) is 18.6 Å². The minimum atomic E-state index is -4.26. The SMILES string of the molecule is COc1ccc(CN(C)S(=O)(=O)c2cc(F)c(-c3nc4cc(C)ccn4c3C[C@H]3CN(C(=O)O)CCO3)c(F)c2)cc1. The summed E-state index contributed by atoms with van der Waals surface area (Å²) in [7, 11) is -1.41. The predicted molar refractivity (Wildman–Crippen MR) is 150 cm³/mol. The van der Waals surface area contributed by atoms with Gasteiger partial charge < -0.3 is 23.9 Å². The van der Waals surface area contributed by atoms with Crippen LogP contribution in [0.2, 0.25) is 0 Å². The zero-order valence-electron chi connectivity index (χ0n) is 23.3. The topological polar surface area (TPSA) is 114 Å². The molecule has 0 bridgehead atoms. The summed E-state index contributed by atoms with van der Waals surface area (Å²) in [5, 5.41) is 9.42. The van der Waals surface area contributed by atoms with Gasteiger partial charge in [0.05, 0.1) is 48.2 Å². The number of fused-ring (bicyclic) bond motifs is 1. The zero-order chi connectivity index (χ0) is 30.2. The molecule has 222 valence electrons. The zero-order valence-corrected chi connectivity index (χ0v) is 24.1. The van der Waals surface area contributed by atoms with Crippen LogP contribution in [0.3, 0.4) is 0 Å². The van der Waals surface area contributed by atoms with E-state index in [9.17, 15) is 18.3 Å². The highest BCUT2D eigenvalue weighted by Crippen LogP contribution is 2.33. The number of carboxylic acid groups (broad SMARTS) is 1.